The van der Waals surface area contributed by atoms with Crippen molar-refractivity contribution >= 4 is 17.3 Å². The Balaban J connectivity index is 2.53. The minimum Gasteiger partial charge on any atom is -0.391 e. The number of nitrogens with one attached hydrogen (secondary N) is 1. The van der Waals surface area contributed by atoms with Crippen LogP contribution in [0.4, 0.5) is 11.4 Å². The molecular weight excluding hydrogens is 226 g/mol. The van der Waals surface area contributed by atoms with Gasteiger partial charge in [-0.1, -0.05) is 6.07 Å². The number of anilines is 1. The molecule has 0 aliphatic heterocycles. The molecule has 0 aromatic heterocycles. The highest BCUT2D eigenvalue weighted by Crippen LogP contribution is 2.16. The molecule has 7 nitrogen and oxygen atoms in total. The maximum atomic E-state index is 11.4. The van der Waals surface area contributed by atoms with E-state index in [0.29, 0.717) is 12.2 Å². The highest BCUT2D eigenvalue weighted by molar-refractivity contribution is 5.91. The SMILES string of the molecule is O=C(C[NH2+]CCO)Nc1cccc([N+](=O)[O-])c1. The normalized spacial score (nSPS) is 9.94. The molecule has 1 aromatic carbocycles. The third kappa shape index (κ3) is 4.58. The van der Waals surface area contributed by atoms with Crippen LogP contribution in [0.15, 0.2) is 24.3 Å². The number of carbonyl (C=O) groups is 1. The fourth-order valence-electron chi connectivity index (χ4n) is 1.23. The van der Waals surface area contributed by atoms with E-state index in [4.69, 9.17) is 5.11 Å². The van der Waals surface area contributed by atoms with Crippen molar-refractivity contribution in [1.82, 2.24) is 0 Å². The van der Waals surface area contributed by atoms with Crippen molar-refractivity contribution < 1.29 is 20.1 Å². The number of aliphatic hydroxyl groups is 1. The number of nitro groups is 1. The summed E-state index contributed by atoms with van der Waals surface area (Å²) in [6, 6.07) is 5.74. The zero-order chi connectivity index (χ0) is 12.7. The highest BCUT2D eigenvalue weighted by Gasteiger charge is 2.08. The lowest BCUT2D eigenvalue weighted by Gasteiger charge is -2.03. The molecule has 1 aromatic rings. The second-order valence-corrected chi connectivity index (χ2v) is 3.36. The minimum absolute atomic E-state index is 0.00406. The van der Waals surface area contributed by atoms with Crippen LogP contribution in [0.25, 0.3) is 0 Å². The first-order valence-corrected chi connectivity index (χ1v) is 5.10. The Morgan fingerprint density at radius 1 is 1.53 bits per heavy atom. The van der Waals surface area contributed by atoms with Gasteiger partial charge in [0.25, 0.3) is 11.6 Å². The first-order chi connectivity index (χ1) is 8.13. The van der Waals surface area contributed by atoms with Crippen molar-refractivity contribution in [2.24, 2.45) is 0 Å². The van der Waals surface area contributed by atoms with Gasteiger partial charge in [0, 0.05) is 17.8 Å². The first-order valence-electron chi connectivity index (χ1n) is 5.10. The van der Waals surface area contributed by atoms with Crippen LogP contribution in [-0.2, 0) is 4.79 Å². The van der Waals surface area contributed by atoms with E-state index in [0.717, 1.165) is 0 Å². The number of nitro benzene ring substituents is 1. The number of nitrogens with two attached hydrogens (primary N) is 1. The average molecular weight is 240 g/mol. The molecule has 0 aliphatic rings. The molecule has 0 aliphatic carbocycles. The number of hydrogen-bond acceptors (Lipinski definition) is 4. The third-order valence-electron chi connectivity index (χ3n) is 2.00. The molecule has 0 spiro atoms. The molecule has 0 saturated heterocycles. The standard InChI is InChI=1S/C10H13N3O4/c14-5-4-11-7-10(15)12-8-2-1-3-9(6-8)13(16)17/h1-3,6,11,14H,4-5,7H2,(H,12,15)/p+1. The van der Waals surface area contributed by atoms with Crippen LogP contribution in [0.1, 0.15) is 0 Å². The van der Waals surface area contributed by atoms with E-state index in [9.17, 15) is 14.9 Å². The first kappa shape index (κ1) is 13.1. The quantitative estimate of drug-likeness (QED) is 0.339. The number of nitrogens with zero attached hydrogens (tertiary/aromatic N) is 1. The van der Waals surface area contributed by atoms with Gasteiger partial charge in [0.1, 0.15) is 0 Å². The van der Waals surface area contributed by atoms with Gasteiger partial charge in [0.15, 0.2) is 6.54 Å². The number of quaternary nitrogens is 1. The van der Waals surface area contributed by atoms with Gasteiger partial charge < -0.3 is 15.7 Å². The average Bonchev–Trinajstić information content (AvgIpc) is 2.29. The summed E-state index contributed by atoms with van der Waals surface area (Å²) in [6.07, 6.45) is 0. The molecule has 1 amide bonds. The van der Waals surface area contributed by atoms with Gasteiger partial charge in [-0.15, -0.1) is 0 Å². The number of amides is 1. The van der Waals surface area contributed by atoms with Gasteiger partial charge >= 0.3 is 0 Å². The van der Waals surface area contributed by atoms with Gasteiger partial charge in [-0.25, -0.2) is 0 Å². The summed E-state index contributed by atoms with van der Waals surface area (Å²) in [5.74, 6) is -0.265. The lowest BCUT2D eigenvalue weighted by molar-refractivity contribution is -0.644. The lowest BCUT2D eigenvalue weighted by atomic mass is 10.3. The van der Waals surface area contributed by atoms with E-state index in [-0.39, 0.29) is 24.7 Å². The number of aliphatic hydroxyl groups excluding tert-OH is 1. The monoisotopic (exact) mass is 240 g/mol. The van der Waals surface area contributed by atoms with E-state index < -0.39 is 4.92 Å². The maximum Gasteiger partial charge on any atom is 0.279 e. The minimum atomic E-state index is -0.520. The van der Waals surface area contributed by atoms with Crippen LogP contribution in [-0.4, -0.2) is 35.6 Å². The van der Waals surface area contributed by atoms with Crippen LogP contribution in [0, 0.1) is 10.1 Å². The summed E-state index contributed by atoms with van der Waals surface area (Å²) in [7, 11) is 0. The number of non-ortho nitro benzene ring substituents is 1. The Bertz CT molecular complexity index is 408. The van der Waals surface area contributed by atoms with E-state index in [2.05, 4.69) is 5.32 Å². The molecule has 4 N–H and O–H groups in total. The molecule has 0 unspecified atom stereocenters. The van der Waals surface area contributed by atoms with Crippen LogP contribution >= 0.6 is 0 Å². The Kier molecular flexibility index (Phi) is 5.05. The third-order valence-corrected chi connectivity index (χ3v) is 2.00. The lowest BCUT2D eigenvalue weighted by Crippen LogP contribution is -2.87. The Morgan fingerprint density at radius 2 is 2.29 bits per heavy atom. The molecule has 0 heterocycles. The Labute approximate surface area is 97.6 Å². The Hall–Kier alpha value is -1.99. The van der Waals surface area contributed by atoms with Crippen LogP contribution in [0.3, 0.4) is 0 Å². The molecule has 17 heavy (non-hydrogen) atoms. The zero-order valence-corrected chi connectivity index (χ0v) is 9.13. The zero-order valence-electron chi connectivity index (χ0n) is 9.13. The van der Waals surface area contributed by atoms with E-state index in [1.165, 1.54) is 18.2 Å². The molecule has 0 fully saturated rings. The summed E-state index contributed by atoms with van der Waals surface area (Å²) in [6.45, 7) is 0.621. The predicted octanol–water partition coefficient (Wildman–Crippen LogP) is -0.911. The molecule has 92 valence electrons. The highest BCUT2D eigenvalue weighted by atomic mass is 16.6. The van der Waals surface area contributed by atoms with E-state index in [1.54, 1.807) is 11.4 Å². The van der Waals surface area contributed by atoms with Crippen molar-refractivity contribution in [2.75, 3.05) is 25.0 Å². The number of benzene rings is 1. The number of rotatable bonds is 6. The fourth-order valence-corrected chi connectivity index (χ4v) is 1.23. The largest absolute Gasteiger partial charge is 0.391 e. The summed E-state index contributed by atoms with van der Waals surface area (Å²) in [5, 5.41) is 23.2. The molecule has 7 heteroatoms. The van der Waals surface area contributed by atoms with Crippen molar-refractivity contribution in [2.45, 2.75) is 0 Å². The molecule has 0 atom stereocenters. The number of hydrogen-bond donors (Lipinski definition) is 3. The van der Waals surface area contributed by atoms with Gasteiger partial charge in [0.05, 0.1) is 18.1 Å². The van der Waals surface area contributed by atoms with Crippen molar-refractivity contribution in [3.63, 3.8) is 0 Å². The summed E-state index contributed by atoms with van der Waals surface area (Å²) in [5.41, 5.74) is 0.323. The fraction of sp³-hybridized carbons (Fsp3) is 0.300. The number of carbonyl (C=O) groups excluding carboxylic acids is 1. The molecule has 0 bridgehead atoms. The van der Waals surface area contributed by atoms with Crippen molar-refractivity contribution in [1.29, 1.82) is 0 Å². The molecule has 0 radical (unpaired) electrons. The van der Waals surface area contributed by atoms with Crippen LogP contribution in [0.5, 0.6) is 0 Å². The predicted molar refractivity (Wildman–Crippen MR) is 60.5 cm³/mol. The second-order valence-electron chi connectivity index (χ2n) is 3.36. The summed E-state index contributed by atoms with van der Waals surface area (Å²) in [4.78, 5) is 21.4. The summed E-state index contributed by atoms with van der Waals surface area (Å²) >= 11 is 0. The van der Waals surface area contributed by atoms with Crippen LogP contribution in [0.2, 0.25) is 0 Å². The van der Waals surface area contributed by atoms with E-state index in [1.807, 2.05) is 0 Å². The summed E-state index contributed by atoms with van der Waals surface area (Å²) < 4.78 is 0. The van der Waals surface area contributed by atoms with E-state index >= 15 is 0 Å². The molecule has 0 saturated carbocycles. The van der Waals surface area contributed by atoms with Gasteiger partial charge in [-0.05, 0) is 6.07 Å². The molecular formula is C10H14N3O4+. The van der Waals surface area contributed by atoms with Gasteiger partial charge in [-0.2, -0.15) is 0 Å². The topological polar surface area (TPSA) is 109 Å². The smallest absolute Gasteiger partial charge is 0.279 e. The Morgan fingerprint density at radius 3 is 2.94 bits per heavy atom. The van der Waals surface area contributed by atoms with Crippen molar-refractivity contribution in [3.8, 4) is 0 Å². The van der Waals surface area contributed by atoms with Gasteiger partial charge in [-0.3, -0.25) is 14.9 Å². The maximum absolute atomic E-state index is 11.4. The van der Waals surface area contributed by atoms with Crippen molar-refractivity contribution in [3.05, 3.63) is 34.4 Å². The second kappa shape index (κ2) is 6.56. The van der Waals surface area contributed by atoms with Crippen LogP contribution < -0.4 is 10.6 Å². The molecule has 1 rings (SSSR count). The van der Waals surface area contributed by atoms with Gasteiger partial charge in [0.2, 0.25) is 0 Å².